The van der Waals surface area contributed by atoms with E-state index in [9.17, 15) is 9.59 Å². The lowest BCUT2D eigenvalue weighted by Gasteiger charge is -2.30. The summed E-state index contributed by atoms with van der Waals surface area (Å²) in [5.74, 6) is -0.615. The topological polar surface area (TPSA) is 99.2 Å². The molecular formula is C14H24N4O3. The number of aromatic nitrogens is 2. The number of hydrogen-bond acceptors (Lipinski definition) is 5. The van der Waals surface area contributed by atoms with Gasteiger partial charge in [-0.2, -0.15) is 5.10 Å². The maximum absolute atomic E-state index is 12.2. The first-order valence-electron chi connectivity index (χ1n) is 6.88. The number of hydrogen-bond donors (Lipinski definition) is 2. The molecule has 0 bridgehead atoms. The third-order valence-electron chi connectivity index (χ3n) is 3.20. The number of nitrogens with one attached hydrogen (secondary N) is 1. The Morgan fingerprint density at radius 1 is 1.48 bits per heavy atom. The van der Waals surface area contributed by atoms with Crippen molar-refractivity contribution in [1.29, 1.82) is 0 Å². The zero-order valence-corrected chi connectivity index (χ0v) is 13.0. The van der Waals surface area contributed by atoms with Gasteiger partial charge in [-0.25, -0.2) is 0 Å². The molecule has 7 nitrogen and oxygen atoms in total. The molecule has 0 aromatic carbocycles. The molecule has 0 unspecified atom stereocenters. The molecule has 0 saturated heterocycles. The van der Waals surface area contributed by atoms with E-state index in [4.69, 9.17) is 5.73 Å². The summed E-state index contributed by atoms with van der Waals surface area (Å²) in [6.45, 7) is 6.88. The maximum Gasteiger partial charge on any atom is 0.307 e. The lowest BCUT2D eigenvalue weighted by molar-refractivity contribution is -0.141. The van der Waals surface area contributed by atoms with Crippen LogP contribution in [0.5, 0.6) is 0 Å². The quantitative estimate of drug-likeness (QED) is 0.747. The van der Waals surface area contributed by atoms with Gasteiger partial charge in [-0.3, -0.25) is 14.3 Å². The predicted octanol–water partition coefficient (Wildman–Crippen LogP) is 0.549. The van der Waals surface area contributed by atoms with E-state index < -0.39 is 0 Å². The van der Waals surface area contributed by atoms with Crippen LogP contribution in [-0.2, 0) is 16.1 Å². The summed E-state index contributed by atoms with van der Waals surface area (Å²) in [6, 6.07) is -0.324. The Morgan fingerprint density at radius 3 is 2.67 bits per heavy atom. The van der Waals surface area contributed by atoms with Crippen LogP contribution in [-0.4, -0.2) is 41.4 Å². The number of rotatable bonds is 6. The van der Waals surface area contributed by atoms with Crippen LogP contribution in [0.25, 0.3) is 0 Å². The fourth-order valence-electron chi connectivity index (χ4n) is 1.80. The Bertz CT molecular complexity index is 491. The van der Waals surface area contributed by atoms with Gasteiger partial charge < -0.3 is 15.8 Å². The van der Waals surface area contributed by atoms with E-state index in [0.717, 1.165) is 0 Å². The molecule has 7 heteroatoms. The van der Waals surface area contributed by atoms with Crippen LogP contribution in [0.4, 0.5) is 0 Å². The number of amides is 1. The van der Waals surface area contributed by atoms with E-state index in [0.29, 0.717) is 18.7 Å². The van der Waals surface area contributed by atoms with E-state index in [2.05, 4.69) is 15.2 Å². The summed E-state index contributed by atoms with van der Waals surface area (Å²) in [5.41, 5.74) is 5.62. The minimum absolute atomic E-state index is 0.128. The molecule has 1 rings (SSSR count). The van der Waals surface area contributed by atoms with Crippen LogP contribution < -0.4 is 11.1 Å². The van der Waals surface area contributed by atoms with Crippen LogP contribution in [0.3, 0.4) is 0 Å². The standard InChI is InChI=1S/C14H24N4O3/c1-14(2,3)11(7-12(19)21-4)17-13(20)10-8-16-18(9-10)6-5-15/h8-9,11H,5-7,15H2,1-4H3,(H,17,20)/t11-/m0/s1. The molecule has 0 spiro atoms. The van der Waals surface area contributed by atoms with Gasteiger partial charge in [0.1, 0.15) is 0 Å². The summed E-state index contributed by atoms with van der Waals surface area (Å²) in [4.78, 5) is 23.7. The van der Waals surface area contributed by atoms with Crippen LogP contribution >= 0.6 is 0 Å². The summed E-state index contributed by atoms with van der Waals surface area (Å²) >= 11 is 0. The van der Waals surface area contributed by atoms with Crippen LogP contribution in [0.15, 0.2) is 12.4 Å². The van der Waals surface area contributed by atoms with Crippen LogP contribution in [0, 0.1) is 5.41 Å². The number of carbonyl (C=O) groups is 2. The van der Waals surface area contributed by atoms with Crippen molar-refractivity contribution in [2.24, 2.45) is 11.1 Å². The van der Waals surface area contributed by atoms with Gasteiger partial charge in [-0.05, 0) is 5.41 Å². The average molecular weight is 296 g/mol. The van der Waals surface area contributed by atoms with Gasteiger partial charge >= 0.3 is 5.97 Å². The van der Waals surface area contributed by atoms with E-state index >= 15 is 0 Å². The maximum atomic E-state index is 12.2. The molecule has 0 saturated carbocycles. The lowest BCUT2D eigenvalue weighted by Crippen LogP contribution is -2.45. The van der Waals surface area contributed by atoms with Gasteiger partial charge in [-0.1, -0.05) is 20.8 Å². The van der Waals surface area contributed by atoms with E-state index in [1.165, 1.54) is 13.3 Å². The fraction of sp³-hybridized carbons (Fsp3) is 0.643. The monoisotopic (exact) mass is 296 g/mol. The molecule has 1 atom stereocenters. The highest BCUT2D eigenvalue weighted by atomic mass is 16.5. The first kappa shape index (κ1) is 17.2. The molecule has 0 aliphatic heterocycles. The molecule has 1 heterocycles. The molecule has 1 aromatic heterocycles. The molecule has 21 heavy (non-hydrogen) atoms. The minimum Gasteiger partial charge on any atom is -0.469 e. The molecule has 0 radical (unpaired) electrons. The molecule has 0 aliphatic rings. The minimum atomic E-state index is -0.353. The fourth-order valence-corrected chi connectivity index (χ4v) is 1.80. The number of methoxy groups -OCH3 is 1. The Labute approximate surface area is 124 Å². The predicted molar refractivity (Wildman–Crippen MR) is 78.6 cm³/mol. The van der Waals surface area contributed by atoms with Crippen molar-refractivity contribution in [1.82, 2.24) is 15.1 Å². The number of nitrogens with zero attached hydrogens (tertiary/aromatic N) is 2. The van der Waals surface area contributed by atoms with Crippen molar-refractivity contribution >= 4 is 11.9 Å². The van der Waals surface area contributed by atoms with Crippen molar-refractivity contribution in [2.75, 3.05) is 13.7 Å². The Morgan fingerprint density at radius 2 is 2.14 bits per heavy atom. The number of esters is 1. The van der Waals surface area contributed by atoms with Crippen molar-refractivity contribution in [3.63, 3.8) is 0 Å². The molecule has 1 aromatic rings. The van der Waals surface area contributed by atoms with E-state index in [1.807, 2.05) is 20.8 Å². The second-order valence-electron chi connectivity index (χ2n) is 5.95. The van der Waals surface area contributed by atoms with Crippen LogP contribution in [0.2, 0.25) is 0 Å². The van der Waals surface area contributed by atoms with Gasteiger partial charge in [0, 0.05) is 18.8 Å². The molecule has 0 fully saturated rings. The third kappa shape index (κ3) is 5.18. The summed E-state index contributed by atoms with van der Waals surface area (Å²) in [7, 11) is 1.33. The van der Waals surface area contributed by atoms with E-state index in [-0.39, 0.29) is 29.8 Å². The first-order valence-corrected chi connectivity index (χ1v) is 6.88. The Hall–Kier alpha value is -1.89. The highest BCUT2D eigenvalue weighted by molar-refractivity contribution is 5.94. The van der Waals surface area contributed by atoms with Crippen molar-refractivity contribution < 1.29 is 14.3 Å². The second-order valence-corrected chi connectivity index (χ2v) is 5.95. The normalized spacial score (nSPS) is 12.8. The van der Waals surface area contributed by atoms with Crippen molar-refractivity contribution in [3.05, 3.63) is 18.0 Å². The van der Waals surface area contributed by atoms with E-state index in [1.54, 1.807) is 10.9 Å². The highest BCUT2D eigenvalue weighted by Crippen LogP contribution is 2.22. The van der Waals surface area contributed by atoms with Gasteiger partial charge in [0.15, 0.2) is 0 Å². The number of ether oxygens (including phenoxy) is 1. The molecule has 3 N–H and O–H groups in total. The summed E-state index contributed by atoms with van der Waals surface area (Å²) in [5, 5.41) is 6.93. The number of carbonyl (C=O) groups excluding carboxylic acids is 2. The smallest absolute Gasteiger partial charge is 0.307 e. The van der Waals surface area contributed by atoms with Crippen molar-refractivity contribution in [3.8, 4) is 0 Å². The average Bonchev–Trinajstić information content (AvgIpc) is 2.85. The Balaban J connectivity index is 2.77. The second kappa shape index (κ2) is 7.21. The molecule has 0 aliphatic carbocycles. The van der Waals surface area contributed by atoms with Gasteiger partial charge in [-0.15, -0.1) is 0 Å². The van der Waals surface area contributed by atoms with Gasteiger partial charge in [0.05, 0.1) is 31.8 Å². The molecule has 118 valence electrons. The zero-order chi connectivity index (χ0) is 16.0. The third-order valence-corrected chi connectivity index (χ3v) is 3.20. The SMILES string of the molecule is COC(=O)C[C@H](NC(=O)c1cnn(CCN)c1)C(C)(C)C. The highest BCUT2D eigenvalue weighted by Gasteiger charge is 2.29. The van der Waals surface area contributed by atoms with Gasteiger partial charge in [0.2, 0.25) is 0 Å². The zero-order valence-electron chi connectivity index (χ0n) is 13.0. The van der Waals surface area contributed by atoms with Crippen molar-refractivity contribution in [2.45, 2.75) is 39.8 Å². The first-order chi connectivity index (χ1) is 9.77. The van der Waals surface area contributed by atoms with Gasteiger partial charge in [0.25, 0.3) is 5.91 Å². The Kier molecular flexibility index (Phi) is 5.90. The summed E-state index contributed by atoms with van der Waals surface area (Å²) < 4.78 is 6.29. The lowest BCUT2D eigenvalue weighted by atomic mass is 9.84. The van der Waals surface area contributed by atoms with Crippen LogP contribution in [0.1, 0.15) is 37.6 Å². The number of nitrogens with two attached hydrogens (primary N) is 1. The largest absolute Gasteiger partial charge is 0.469 e. The molecule has 1 amide bonds. The summed E-state index contributed by atoms with van der Waals surface area (Å²) in [6.07, 6.45) is 3.26. The molecular weight excluding hydrogens is 272 g/mol.